The number of hydrogen-bond donors (Lipinski definition) is 1. The number of rotatable bonds is 4. The monoisotopic (exact) mass is 336 g/mol. The van der Waals surface area contributed by atoms with Gasteiger partial charge in [0.25, 0.3) is 0 Å². The number of methoxy groups -OCH3 is 1. The lowest BCUT2D eigenvalue weighted by atomic mass is 9.99. The van der Waals surface area contributed by atoms with E-state index < -0.39 is 5.97 Å². The molecule has 23 heavy (non-hydrogen) atoms. The van der Waals surface area contributed by atoms with Crippen LogP contribution < -0.4 is 4.74 Å². The molecule has 1 N–H and O–H groups in total. The molecular formula is C16H17ClN2O4. The van der Waals surface area contributed by atoms with Gasteiger partial charge >= 0.3 is 5.97 Å². The Balaban J connectivity index is 1.80. The van der Waals surface area contributed by atoms with Crippen LogP contribution in [0.25, 0.3) is 0 Å². The molecule has 0 saturated carbocycles. The summed E-state index contributed by atoms with van der Waals surface area (Å²) in [5.41, 5.74) is 2.94. The number of carbonyl (C=O) groups is 1. The lowest BCUT2D eigenvalue weighted by Gasteiger charge is -2.28. The number of fused-ring (bicyclic) bond motifs is 1. The average molecular weight is 337 g/mol. The SMILES string of the molecule is COc1cc2c(cc1Cl)CN(Cc1noc(C)c1C(=O)O)CC2. The first-order chi connectivity index (χ1) is 11.0. The van der Waals surface area contributed by atoms with Crippen LogP contribution >= 0.6 is 11.6 Å². The number of aromatic carboxylic acids is 1. The van der Waals surface area contributed by atoms with Gasteiger partial charge in [-0.3, -0.25) is 4.90 Å². The predicted molar refractivity (Wildman–Crippen MR) is 84.0 cm³/mol. The number of nitrogens with zero attached hydrogens (tertiary/aromatic N) is 2. The number of halogens is 1. The van der Waals surface area contributed by atoms with Gasteiger partial charge in [0.05, 0.1) is 12.1 Å². The van der Waals surface area contributed by atoms with E-state index in [1.54, 1.807) is 14.0 Å². The second-order valence-corrected chi connectivity index (χ2v) is 5.99. The summed E-state index contributed by atoms with van der Waals surface area (Å²) in [5.74, 6) is 0.000729. The minimum absolute atomic E-state index is 0.156. The zero-order valence-electron chi connectivity index (χ0n) is 12.9. The molecule has 0 aliphatic carbocycles. The van der Waals surface area contributed by atoms with Gasteiger partial charge in [-0.1, -0.05) is 16.8 Å². The Morgan fingerprint density at radius 1 is 1.48 bits per heavy atom. The van der Waals surface area contributed by atoms with Crippen molar-refractivity contribution in [3.8, 4) is 5.75 Å². The molecule has 0 atom stereocenters. The first-order valence-corrected chi connectivity index (χ1v) is 7.63. The molecule has 6 nitrogen and oxygen atoms in total. The van der Waals surface area contributed by atoms with Gasteiger partial charge < -0.3 is 14.4 Å². The minimum Gasteiger partial charge on any atom is -0.495 e. The fourth-order valence-electron chi connectivity index (χ4n) is 2.92. The molecule has 3 rings (SSSR count). The first kappa shape index (κ1) is 15.8. The molecule has 0 amide bonds. The number of carboxylic acid groups (broad SMARTS) is 1. The van der Waals surface area contributed by atoms with Crippen molar-refractivity contribution in [2.45, 2.75) is 26.4 Å². The van der Waals surface area contributed by atoms with Crippen LogP contribution in [0.2, 0.25) is 5.02 Å². The van der Waals surface area contributed by atoms with Crippen molar-refractivity contribution >= 4 is 17.6 Å². The number of aromatic nitrogens is 1. The van der Waals surface area contributed by atoms with Gasteiger partial charge in [-0.2, -0.15) is 0 Å². The number of ether oxygens (including phenoxy) is 1. The van der Waals surface area contributed by atoms with Crippen LogP contribution in [-0.2, 0) is 19.5 Å². The topological polar surface area (TPSA) is 75.8 Å². The van der Waals surface area contributed by atoms with E-state index in [0.29, 0.717) is 35.3 Å². The largest absolute Gasteiger partial charge is 0.495 e. The normalized spacial score (nSPS) is 14.6. The highest BCUT2D eigenvalue weighted by molar-refractivity contribution is 6.32. The third-order valence-corrected chi connectivity index (χ3v) is 4.38. The van der Waals surface area contributed by atoms with Gasteiger partial charge in [0, 0.05) is 19.6 Å². The summed E-state index contributed by atoms with van der Waals surface area (Å²) in [7, 11) is 1.60. The summed E-state index contributed by atoms with van der Waals surface area (Å²) in [6.07, 6.45) is 0.849. The molecule has 0 fully saturated rings. The van der Waals surface area contributed by atoms with E-state index in [1.807, 2.05) is 12.1 Å². The molecule has 1 aliphatic heterocycles. The Labute approximate surface area is 138 Å². The van der Waals surface area contributed by atoms with E-state index in [1.165, 1.54) is 5.56 Å². The van der Waals surface area contributed by atoms with Crippen molar-refractivity contribution in [2.24, 2.45) is 0 Å². The third-order valence-electron chi connectivity index (χ3n) is 4.09. The van der Waals surface area contributed by atoms with Crippen molar-refractivity contribution < 1.29 is 19.2 Å². The van der Waals surface area contributed by atoms with Crippen LogP contribution in [0.4, 0.5) is 0 Å². The summed E-state index contributed by atoms with van der Waals surface area (Å²) in [6, 6.07) is 3.88. The van der Waals surface area contributed by atoms with Gasteiger partial charge in [-0.15, -0.1) is 0 Å². The highest BCUT2D eigenvalue weighted by Crippen LogP contribution is 2.31. The molecular weight excluding hydrogens is 320 g/mol. The second kappa shape index (κ2) is 6.22. The summed E-state index contributed by atoms with van der Waals surface area (Å²) in [5, 5.41) is 13.7. The van der Waals surface area contributed by atoms with E-state index in [4.69, 9.17) is 20.9 Å². The smallest absolute Gasteiger partial charge is 0.341 e. The quantitative estimate of drug-likeness (QED) is 0.925. The van der Waals surface area contributed by atoms with Gasteiger partial charge in [0.2, 0.25) is 0 Å². The van der Waals surface area contributed by atoms with Crippen molar-refractivity contribution in [1.29, 1.82) is 0 Å². The van der Waals surface area contributed by atoms with Crippen molar-refractivity contribution in [1.82, 2.24) is 10.1 Å². The number of hydrogen-bond acceptors (Lipinski definition) is 5. The average Bonchev–Trinajstić information content (AvgIpc) is 2.87. The molecule has 0 saturated heterocycles. The lowest BCUT2D eigenvalue weighted by Crippen LogP contribution is -2.30. The van der Waals surface area contributed by atoms with E-state index in [9.17, 15) is 9.90 Å². The van der Waals surface area contributed by atoms with Crippen LogP contribution in [0.1, 0.15) is 32.9 Å². The summed E-state index contributed by atoms with van der Waals surface area (Å²) in [6.45, 7) is 3.53. The minimum atomic E-state index is -1.01. The third kappa shape index (κ3) is 3.04. The molecule has 0 radical (unpaired) electrons. The van der Waals surface area contributed by atoms with Gasteiger partial charge in [-0.25, -0.2) is 4.79 Å². The molecule has 1 aromatic carbocycles. The molecule has 2 aromatic rings. The van der Waals surface area contributed by atoms with Gasteiger partial charge in [0.15, 0.2) is 0 Å². The predicted octanol–water partition coefficient (Wildman–Crippen LogP) is 2.90. The van der Waals surface area contributed by atoms with Crippen LogP contribution in [0, 0.1) is 6.92 Å². The van der Waals surface area contributed by atoms with E-state index in [0.717, 1.165) is 18.5 Å². The maximum Gasteiger partial charge on any atom is 0.341 e. The summed E-state index contributed by atoms with van der Waals surface area (Å²) < 4.78 is 10.3. The highest BCUT2D eigenvalue weighted by Gasteiger charge is 2.24. The molecule has 0 spiro atoms. The van der Waals surface area contributed by atoms with Crippen LogP contribution in [0.15, 0.2) is 16.7 Å². The summed E-state index contributed by atoms with van der Waals surface area (Å²) >= 11 is 6.19. The maximum atomic E-state index is 11.3. The molecule has 1 aliphatic rings. The number of carboxylic acids is 1. The van der Waals surface area contributed by atoms with Crippen molar-refractivity contribution in [3.05, 3.63) is 45.3 Å². The summed E-state index contributed by atoms with van der Waals surface area (Å²) in [4.78, 5) is 13.4. The standard InChI is InChI=1S/C16H17ClN2O4/c1-9-15(16(20)21)13(18-23-9)8-19-4-3-10-6-14(22-2)12(17)5-11(10)7-19/h5-6H,3-4,7-8H2,1-2H3,(H,20,21). The molecule has 1 aromatic heterocycles. The Morgan fingerprint density at radius 3 is 2.96 bits per heavy atom. The Bertz CT molecular complexity index is 757. The molecule has 0 unspecified atom stereocenters. The Hall–Kier alpha value is -2.05. The van der Waals surface area contributed by atoms with Gasteiger partial charge in [-0.05, 0) is 36.6 Å². The van der Waals surface area contributed by atoms with E-state index in [-0.39, 0.29) is 5.56 Å². The first-order valence-electron chi connectivity index (χ1n) is 7.25. The van der Waals surface area contributed by atoms with Crippen molar-refractivity contribution in [3.63, 3.8) is 0 Å². The molecule has 7 heteroatoms. The zero-order chi connectivity index (χ0) is 16.6. The van der Waals surface area contributed by atoms with Crippen LogP contribution in [0.5, 0.6) is 5.75 Å². The second-order valence-electron chi connectivity index (χ2n) is 5.58. The molecule has 0 bridgehead atoms. The number of benzene rings is 1. The fourth-order valence-corrected chi connectivity index (χ4v) is 3.18. The van der Waals surface area contributed by atoms with Crippen LogP contribution in [0.3, 0.4) is 0 Å². The zero-order valence-corrected chi connectivity index (χ0v) is 13.7. The van der Waals surface area contributed by atoms with Gasteiger partial charge in [0.1, 0.15) is 22.8 Å². The van der Waals surface area contributed by atoms with E-state index >= 15 is 0 Å². The van der Waals surface area contributed by atoms with E-state index in [2.05, 4.69) is 10.1 Å². The maximum absolute atomic E-state index is 11.3. The molecule has 2 heterocycles. The lowest BCUT2D eigenvalue weighted by molar-refractivity contribution is 0.0692. The van der Waals surface area contributed by atoms with Crippen molar-refractivity contribution in [2.75, 3.05) is 13.7 Å². The number of aryl methyl sites for hydroxylation is 1. The Kier molecular flexibility index (Phi) is 4.28. The Morgan fingerprint density at radius 2 is 2.26 bits per heavy atom. The highest BCUT2D eigenvalue weighted by atomic mass is 35.5. The molecule has 122 valence electrons. The van der Waals surface area contributed by atoms with Crippen LogP contribution in [-0.4, -0.2) is 34.8 Å². The fraction of sp³-hybridized carbons (Fsp3) is 0.375.